The first kappa shape index (κ1) is 37.1. The van der Waals surface area contributed by atoms with Gasteiger partial charge in [-0.1, -0.05) is 84.9 Å². The van der Waals surface area contributed by atoms with E-state index in [0.717, 1.165) is 22.3 Å². The van der Waals surface area contributed by atoms with Crippen LogP contribution < -0.4 is 10.6 Å². The molecule has 0 spiro atoms. The minimum absolute atomic E-state index is 0.0693. The Balaban J connectivity index is 0.925. The molecule has 0 unspecified atom stereocenters. The molecule has 4 atom stereocenters. The lowest BCUT2D eigenvalue weighted by Gasteiger charge is -2.24. The van der Waals surface area contributed by atoms with Gasteiger partial charge in [-0.05, 0) is 48.2 Å². The second kappa shape index (κ2) is 16.9. The Hall–Kier alpha value is -6.18. The number of carbonyl (C=O) groups excluding carboxylic acids is 4. The van der Waals surface area contributed by atoms with E-state index in [0.29, 0.717) is 35.6 Å². The van der Waals surface area contributed by atoms with Crippen LogP contribution in [0.1, 0.15) is 36.8 Å². The van der Waals surface area contributed by atoms with Crippen LogP contribution in [0.3, 0.4) is 0 Å². The predicted octanol–water partition coefficient (Wildman–Crippen LogP) is 4.20. The summed E-state index contributed by atoms with van der Waals surface area (Å²) < 4.78 is 0. The van der Waals surface area contributed by atoms with E-state index in [9.17, 15) is 29.4 Å². The van der Waals surface area contributed by atoms with Crippen LogP contribution in [-0.2, 0) is 32.0 Å². The number of nitrogens with zero attached hydrogens (tertiary/aromatic N) is 4. The van der Waals surface area contributed by atoms with Crippen molar-refractivity contribution in [2.75, 3.05) is 23.7 Å². The van der Waals surface area contributed by atoms with Gasteiger partial charge in [0.15, 0.2) is 0 Å². The number of amides is 4. The molecule has 13 nitrogen and oxygen atoms in total. The minimum Gasteiger partial charge on any atom is -0.391 e. The van der Waals surface area contributed by atoms with Gasteiger partial charge in [-0.3, -0.25) is 19.2 Å². The first-order valence-electron chi connectivity index (χ1n) is 18.4. The number of aliphatic hydroxyl groups excluding tert-OH is 2. The fourth-order valence-corrected chi connectivity index (χ4v) is 7.43. The third-order valence-electron chi connectivity index (χ3n) is 10.1. The molecule has 5 N–H and O–H groups in total. The van der Waals surface area contributed by atoms with Crippen LogP contribution in [0.15, 0.2) is 109 Å². The SMILES string of the molecule is O=C(C[C@@H]1C[C@@H](O)CN1C(=O)Cc1ccccc1)Nc1ccc(-c2n[nH]nc2-c2ccc(NC(=O)C[C@@H]3C[C@@H](O)CN3C(=O)Cc3ccccc3)cc2)cc1. The van der Waals surface area contributed by atoms with Crippen LogP contribution in [-0.4, -0.2) is 96.4 Å². The van der Waals surface area contributed by atoms with Gasteiger partial charge >= 0.3 is 0 Å². The Bertz CT molecular complexity index is 1960. The first-order chi connectivity index (χ1) is 26.7. The molecule has 282 valence electrons. The van der Waals surface area contributed by atoms with Gasteiger partial charge in [0.25, 0.3) is 0 Å². The van der Waals surface area contributed by atoms with Crippen LogP contribution in [0.2, 0.25) is 0 Å². The maximum Gasteiger partial charge on any atom is 0.227 e. The number of likely N-dealkylation sites (tertiary alicyclic amines) is 2. The Morgan fingerprint density at radius 3 is 1.35 bits per heavy atom. The van der Waals surface area contributed by atoms with E-state index in [1.54, 1.807) is 34.1 Å². The zero-order valence-electron chi connectivity index (χ0n) is 30.2. The standard InChI is InChI=1S/C42H43N7O6/c50-35-21-33(48(25-35)39(54)19-27-7-3-1-4-8-27)23-37(52)43-31-15-11-29(12-16-31)41-42(46-47-45-41)30-13-17-32(18-14-30)44-38(53)24-34-22-36(51)26-49(34)40(55)20-28-9-5-2-6-10-28/h1-18,33-36,50-51H,19-26H2,(H,43,52)(H,44,53)(H,45,46,47)/t33-,34-,35+,36+/m0/s1. The van der Waals surface area contributed by atoms with Crippen molar-refractivity contribution in [2.24, 2.45) is 0 Å². The van der Waals surface area contributed by atoms with Gasteiger partial charge in [0.2, 0.25) is 23.6 Å². The number of aromatic nitrogens is 3. The summed E-state index contributed by atoms with van der Waals surface area (Å²) in [6.07, 6.45) is -0.0892. The van der Waals surface area contributed by atoms with Crippen LogP contribution >= 0.6 is 0 Å². The van der Waals surface area contributed by atoms with Crippen LogP contribution in [0.5, 0.6) is 0 Å². The fraction of sp³-hybridized carbons (Fsp3) is 0.286. The molecular formula is C42H43N7O6. The molecule has 2 aliphatic rings. The van der Waals surface area contributed by atoms with Crippen molar-refractivity contribution in [1.82, 2.24) is 25.2 Å². The number of hydrogen-bond donors (Lipinski definition) is 5. The summed E-state index contributed by atoms with van der Waals surface area (Å²) in [5, 5.41) is 37.8. The van der Waals surface area contributed by atoms with Crippen LogP contribution in [0.25, 0.3) is 22.5 Å². The van der Waals surface area contributed by atoms with Gasteiger partial charge in [-0.15, -0.1) is 0 Å². The molecule has 0 aliphatic carbocycles. The molecule has 0 bridgehead atoms. The largest absolute Gasteiger partial charge is 0.391 e. The normalized spacial score (nSPS) is 19.3. The first-order valence-corrected chi connectivity index (χ1v) is 18.4. The van der Waals surface area contributed by atoms with Crippen molar-refractivity contribution in [3.8, 4) is 22.5 Å². The molecule has 13 heteroatoms. The monoisotopic (exact) mass is 741 g/mol. The molecule has 4 amide bonds. The summed E-state index contributed by atoms with van der Waals surface area (Å²) in [7, 11) is 0. The highest BCUT2D eigenvalue weighted by molar-refractivity contribution is 5.93. The highest BCUT2D eigenvalue weighted by Gasteiger charge is 2.36. The van der Waals surface area contributed by atoms with Gasteiger partial charge in [0, 0.05) is 60.5 Å². The zero-order chi connectivity index (χ0) is 38.3. The maximum atomic E-state index is 13.0. The molecule has 2 saturated heterocycles. The number of aromatic amines is 1. The second-order valence-corrected chi connectivity index (χ2v) is 14.2. The lowest BCUT2D eigenvalue weighted by Crippen LogP contribution is -2.39. The van der Waals surface area contributed by atoms with Crippen molar-refractivity contribution >= 4 is 35.0 Å². The summed E-state index contributed by atoms with van der Waals surface area (Å²) in [4.78, 5) is 55.4. The summed E-state index contributed by atoms with van der Waals surface area (Å²) >= 11 is 0. The molecule has 4 aromatic carbocycles. The quantitative estimate of drug-likeness (QED) is 0.126. The number of H-pyrrole nitrogens is 1. The van der Waals surface area contributed by atoms with E-state index in [1.165, 1.54) is 0 Å². The predicted molar refractivity (Wildman–Crippen MR) is 206 cm³/mol. The molecule has 2 aliphatic heterocycles. The average Bonchev–Trinajstić information content (AvgIpc) is 3.91. The number of hydrogen-bond acceptors (Lipinski definition) is 8. The number of carbonyl (C=O) groups is 4. The van der Waals surface area contributed by atoms with Gasteiger partial charge in [-0.25, -0.2) is 0 Å². The molecule has 0 radical (unpaired) electrons. The fourth-order valence-electron chi connectivity index (χ4n) is 7.43. The third kappa shape index (κ3) is 9.31. The van der Waals surface area contributed by atoms with E-state index in [1.807, 2.05) is 84.9 Å². The highest BCUT2D eigenvalue weighted by Crippen LogP contribution is 2.31. The Kier molecular flexibility index (Phi) is 11.4. The van der Waals surface area contributed by atoms with Crippen molar-refractivity contribution < 1.29 is 29.4 Å². The molecule has 3 heterocycles. The Morgan fingerprint density at radius 2 is 0.964 bits per heavy atom. The van der Waals surface area contributed by atoms with Crippen LogP contribution in [0, 0.1) is 0 Å². The smallest absolute Gasteiger partial charge is 0.227 e. The van der Waals surface area contributed by atoms with Crippen molar-refractivity contribution in [1.29, 1.82) is 0 Å². The summed E-state index contributed by atoms with van der Waals surface area (Å²) in [6, 6.07) is 32.4. The second-order valence-electron chi connectivity index (χ2n) is 14.2. The summed E-state index contributed by atoms with van der Waals surface area (Å²) in [5.41, 5.74) is 5.65. The molecule has 1 aromatic heterocycles. The molecular weight excluding hydrogens is 699 g/mol. The van der Waals surface area contributed by atoms with E-state index in [-0.39, 0.29) is 62.4 Å². The number of rotatable bonds is 12. The molecule has 7 rings (SSSR count). The average molecular weight is 742 g/mol. The molecule has 2 fully saturated rings. The lowest BCUT2D eigenvalue weighted by molar-refractivity contribution is -0.133. The van der Waals surface area contributed by atoms with Crippen molar-refractivity contribution in [3.05, 3.63) is 120 Å². The third-order valence-corrected chi connectivity index (χ3v) is 10.1. The van der Waals surface area contributed by atoms with E-state index >= 15 is 0 Å². The Labute approximate surface area is 318 Å². The number of nitrogens with one attached hydrogen (secondary N) is 3. The number of β-amino-alcohol motifs (C(OH)–C–C–N with tert-alkyl or cyclic N) is 2. The number of aliphatic hydroxyl groups is 2. The highest BCUT2D eigenvalue weighted by atomic mass is 16.3. The van der Waals surface area contributed by atoms with Gasteiger partial charge in [0.05, 0.1) is 25.0 Å². The Morgan fingerprint density at radius 1 is 0.582 bits per heavy atom. The summed E-state index contributed by atoms with van der Waals surface area (Å²) in [6.45, 7) is 0.416. The van der Waals surface area contributed by atoms with Crippen LogP contribution in [0.4, 0.5) is 11.4 Å². The minimum atomic E-state index is -0.670. The van der Waals surface area contributed by atoms with Gasteiger partial charge in [0.1, 0.15) is 11.4 Å². The summed E-state index contributed by atoms with van der Waals surface area (Å²) in [5.74, 6) is -0.745. The molecule has 55 heavy (non-hydrogen) atoms. The van der Waals surface area contributed by atoms with E-state index < -0.39 is 24.3 Å². The molecule has 5 aromatic rings. The zero-order valence-corrected chi connectivity index (χ0v) is 30.2. The van der Waals surface area contributed by atoms with Crippen molar-refractivity contribution in [2.45, 2.75) is 62.8 Å². The topological polar surface area (TPSA) is 181 Å². The van der Waals surface area contributed by atoms with Crippen molar-refractivity contribution in [3.63, 3.8) is 0 Å². The number of anilines is 2. The van der Waals surface area contributed by atoms with E-state index in [2.05, 4.69) is 26.0 Å². The van der Waals surface area contributed by atoms with E-state index in [4.69, 9.17) is 0 Å². The number of benzene rings is 4. The maximum absolute atomic E-state index is 13.0. The lowest BCUT2D eigenvalue weighted by atomic mass is 10.0. The van der Waals surface area contributed by atoms with Gasteiger partial charge in [-0.2, -0.15) is 15.4 Å². The molecule has 0 saturated carbocycles. The van der Waals surface area contributed by atoms with Gasteiger partial charge < -0.3 is 30.6 Å².